The van der Waals surface area contributed by atoms with Crippen molar-refractivity contribution in [2.45, 2.75) is 20.4 Å². The fourth-order valence-electron chi connectivity index (χ4n) is 5.01. The van der Waals surface area contributed by atoms with Crippen LogP contribution in [-0.4, -0.2) is 37.0 Å². The Morgan fingerprint density at radius 3 is 2.38 bits per heavy atom. The van der Waals surface area contributed by atoms with Gasteiger partial charge in [-0.1, -0.05) is 71.9 Å². The van der Waals surface area contributed by atoms with Gasteiger partial charge in [0.25, 0.3) is 5.91 Å². The minimum Gasteiger partial charge on any atom is -0.349 e. The highest BCUT2D eigenvalue weighted by Crippen LogP contribution is 2.30. The summed E-state index contributed by atoms with van der Waals surface area (Å²) in [5, 5.41) is 14.0. The van der Waals surface area contributed by atoms with Gasteiger partial charge in [0, 0.05) is 35.1 Å². The molecule has 0 unspecified atom stereocenters. The number of nitrogens with zero attached hydrogens (tertiary/aromatic N) is 5. The van der Waals surface area contributed by atoms with Crippen molar-refractivity contribution in [3.63, 3.8) is 0 Å². The number of para-hydroxylation sites is 2. The van der Waals surface area contributed by atoms with E-state index in [1.807, 2.05) is 79.7 Å². The van der Waals surface area contributed by atoms with Crippen LogP contribution in [0.15, 0.2) is 91.0 Å². The lowest BCUT2D eigenvalue weighted by Gasteiger charge is -2.10. The predicted molar refractivity (Wildman–Crippen MR) is 146 cm³/mol. The molecule has 0 atom stereocenters. The van der Waals surface area contributed by atoms with Gasteiger partial charge in [-0.2, -0.15) is 0 Å². The highest BCUT2D eigenvalue weighted by atomic mass is 16.2. The molecular weight excluding hydrogens is 460 g/mol. The molecule has 0 fully saturated rings. The molecular formula is C30H26N6O. The summed E-state index contributed by atoms with van der Waals surface area (Å²) in [5.41, 5.74) is 6.89. The zero-order valence-electron chi connectivity index (χ0n) is 20.7. The molecule has 7 nitrogen and oxygen atoms in total. The Bertz CT molecular complexity index is 1730. The number of nitrogens with one attached hydrogen (secondary N) is 1. The van der Waals surface area contributed by atoms with Crippen molar-refractivity contribution in [3.8, 4) is 16.9 Å². The third kappa shape index (κ3) is 4.04. The Kier molecular flexibility index (Phi) is 5.73. The number of aromatic nitrogens is 5. The third-order valence-electron chi connectivity index (χ3n) is 6.60. The molecule has 182 valence electrons. The van der Waals surface area contributed by atoms with Crippen LogP contribution in [0.25, 0.3) is 38.9 Å². The summed E-state index contributed by atoms with van der Waals surface area (Å²) in [4.78, 5) is 18.2. The second kappa shape index (κ2) is 9.35. The van der Waals surface area contributed by atoms with Gasteiger partial charge < -0.3 is 9.88 Å². The molecule has 6 aromatic rings. The number of hydrogen-bond acceptors (Lipinski definition) is 4. The van der Waals surface area contributed by atoms with Gasteiger partial charge >= 0.3 is 0 Å². The van der Waals surface area contributed by atoms with Crippen LogP contribution in [0.5, 0.6) is 0 Å². The molecule has 0 saturated carbocycles. The number of benzene rings is 3. The van der Waals surface area contributed by atoms with Crippen molar-refractivity contribution in [2.24, 2.45) is 0 Å². The van der Waals surface area contributed by atoms with Crippen LogP contribution in [0.4, 0.5) is 0 Å². The number of pyridine rings is 1. The fourth-order valence-corrected chi connectivity index (χ4v) is 5.01. The van der Waals surface area contributed by atoms with E-state index in [9.17, 15) is 4.79 Å². The number of rotatable bonds is 6. The Balaban J connectivity index is 1.32. The molecule has 7 heteroatoms. The van der Waals surface area contributed by atoms with Crippen molar-refractivity contribution in [1.29, 1.82) is 0 Å². The van der Waals surface area contributed by atoms with Crippen LogP contribution in [0, 0.1) is 13.8 Å². The van der Waals surface area contributed by atoms with Crippen molar-refractivity contribution < 1.29 is 4.79 Å². The SMILES string of the molecule is Cc1cc(C)c2c3ccccc3n(CCNC(=O)c3nnn(-c4ccccc4)c3-c3ccccc3)c2n1. The first-order valence-corrected chi connectivity index (χ1v) is 12.3. The van der Waals surface area contributed by atoms with Gasteiger partial charge in [0.15, 0.2) is 5.69 Å². The summed E-state index contributed by atoms with van der Waals surface area (Å²) < 4.78 is 3.90. The molecule has 0 saturated heterocycles. The molecule has 0 bridgehead atoms. The van der Waals surface area contributed by atoms with Gasteiger partial charge in [0.05, 0.1) is 11.2 Å². The van der Waals surface area contributed by atoms with Crippen molar-refractivity contribution in [1.82, 2.24) is 29.9 Å². The second-order valence-corrected chi connectivity index (χ2v) is 9.10. The number of hydrogen-bond donors (Lipinski definition) is 1. The number of fused-ring (bicyclic) bond motifs is 3. The topological polar surface area (TPSA) is 77.6 Å². The van der Waals surface area contributed by atoms with Crippen LogP contribution >= 0.6 is 0 Å². The maximum absolute atomic E-state index is 13.4. The van der Waals surface area contributed by atoms with Crippen molar-refractivity contribution in [2.75, 3.05) is 6.54 Å². The average molecular weight is 487 g/mol. The minimum atomic E-state index is -0.262. The molecule has 3 heterocycles. The Labute approximate surface area is 214 Å². The molecule has 0 aliphatic rings. The summed E-state index contributed by atoms with van der Waals surface area (Å²) in [5.74, 6) is -0.262. The lowest BCUT2D eigenvalue weighted by atomic mass is 10.1. The highest BCUT2D eigenvalue weighted by molar-refractivity contribution is 6.08. The van der Waals surface area contributed by atoms with E-state index in [-0.39, 0.29) is 5.91 Å². The van der Waals surface area contributed by atoms with Crippen LogP contribution in [0.3, 0.4) is 0 Å². The minimum absolute atomic E-state index is 0.262. The molecule has 0 spiro atoms. The van der Waals surface area contributed by atoms with E-state index in [0.29, 0.717) is 24.5 Å². The first-order chi connectivity index (χ1) is 18.1. The number of amides is 1. The molecule has 0 aliphatic heterocycles. The molecule has 6 rings (SSSR count). The van der Waals surface area contributed by atoms with Crippen molar-refractivity contribution >= 4 is 27.8 Å². The van der Waals surface area contributed by atoms with E-state index in [1.54, 1.807) is 4.68 Å². The fraction of sp³-hybridized carbons (Fsp3) is 0.133. The Morgan fingerprint density at radius 1 is 0.892 bits per heavy atom. The van der Waals surface area contributed by atoms with Gasteiger partial charge in [-0.25, -0.2) is 9.67 Å². The maximum atomic E-state index is 13.4. The van der Waals surface area contributed by atoms with Crippen LogP contribution in [0.1, 0.15) is 21.7 Å². The molecule has 3 aromatic heterocycles. The number of carbonyl (C=O) groups excluding carboxylic acids is 1. The van der Waals surface area contributed by atoms with Crippen LogP contribution < -0.4 is 5.32 Å². The van der Waals surface area contributed by atoms with E-state index in [0.717, 1.165) is 33.5 Å². The van der Waals surface area contributed by atoms with E-state index < -0.39 is 0 Å². The van der Waals surface area contributed by atoms with Gasteiger partial charge in [0.1, 0.15) is 11.3 Å². The zero-order chi connectivity index (χ0) is 25.4. The summed E-state index contributed by atoms with van der Waals surface area (Å²) in [7, 11) is 0. The lowest BCUT2D eigenvalue weighted by molar-refractivity contribution is 0.0948. The second-order valence-electron chi connectivity index (χ2n) is 9.10. The largest absolute Gasteiger partial charge is 0.349 e. The number of aryl methyl sites for hydroxylation is 2. The predicted octanol–water partition coefficient (Wildman–Crippen LogP) is 5.48. The molecule has 3 aromatic carbocycles. The summed E-state index contributed by atoms with van der Waals surface area (Å²) in [6.45, 7) is 5.14. The van der Waals surface area contributed by atoms with Crippen molar-refractivity contribution in [3.05, 3.63) is 108 Å². The summed E-state index contributed by atoms with van der Waals surface area (Å²) in [6, 6.07) is 29.9. The monoisotopic (exact) mass is 486 g/mol. The Morgan fingerprint density at radius 2 is 1.59 bits per heavy atom. The van der Waals surface area contributed by atoms with Crippen LogP contribution in [-0.2, 0) is 6.54 Å². The standard InChI is InChI=1S/C30H26N6O/c1-20-19-21(2)32-29-26(20)24-15-9-10-16-25(24)35(29)18-17-31-30(37)27-28(22-11-5-3-6-12-22)36(34-33-27)23-13-7-4-8-14-23/h3-16,19H,17-18H2,1-2H3,(H,31,37). The van der Waals surface area contributed by atoms with Gasteiger partial charge in [-0.15, -0.1) is 5.10 Å². The third-order valence-corrected chi connectivity index (χ3v) is 6.60. The lowest BCUT2D eigenvalue weighted by Crippen LogP contribution is -2.28. The van der Waals surface area contributed by atoms with E-state index in [2.05, 4.69) is 45.3 Å². The molecule has 37 heavy (non-hydrogen) atoms. The first-order valence-electron chi connectivity index (χ1n) is 12.3. The average Bonchev–Trinajstić information content (AvgIpc) is 3.50. The molecule has 1 N–H and O–H groups in total. The smallest absolute Gasteiger partial charge is 0.274 e. The molecule has 1 amide bonds. The van der Waals surface area contributed by atoms with Gasteiger partial charge in [-0.05, 0) is 43.7 Å². The van der Waals surface area contributed by atoms with E-state index >= 15 is 0 Å². The molecule has 0 aliphatic carbocycles. The van der Waals surface area contributed by atoms with E-state index in [1.165, 1.54) is 10.9 Å². The quantitative estimate of drug-likeness (QED) is 0.338. The molecule has 0 radical (unpaired) electrons. The summed E-state index contributed by atoms with van der Waals surface area (Å²) >= 11 is 0. The maximum Gasteiger partial charge on any atom is 0.274 e. The van der Waals surface area contributed by atoms with Gasteiger partial charge in [0.2, 0.25) is 0 Å². The van der Waals surface area contributed by atoms with Gasteiger partial charge in [-0.3, -0.25) is 4.79 Å². The normalized spacial score (nSPS) is 11.3. The highest BCUT2D eigenvalue weighted by Gasteiger charge is 2.22. The van der Waals surface area contributed by atoms with Crippen LogP contribution in [0.2, 0.25) is 0 Å². The number of carbonyl (C=O) groups is 1. The Hall–Kier alpha value is -4.78. The first kappa shape index (κ1) is 22.7. The van der Waals surface area contributed by atoms with E-state index in [4.69, 9.17) is 4.98 Å². The zero-order valence-corrected chi connectivity index (χ0v) is 20.7. The summed E-state index contributed by atoms with van der Waals surface area (Å²) in [6.07, 6.45) is 0.